The monoisotopic (exact) mass is 359 g/mol. The average molecular weight is 359 g/mol. The number of nitrogens with zero attached hydrogens (tertiary/aromatic N) is 4. The van der Waals surface area contributed by atoms with Gasteiger partial charge in [-0.15, -0.1) is 0 Å². The molecule has 4 rings (SSSR count). The molecule has 27 heavy (non-hydrogen) atoms. The van der Waals surface area contributed by atoms with E-state index in [9.17, 15) is 0 Å². The number of nitrogens with one attached hydrogen (secondary N) is 1. The number of rotatable bonds is 5. The van der Waals surface area contributed by atoms with Crippen LogP contribution in [0.15, 0.2) is 73.2 Å². The van der Waals surface area contributed by atoms with E-state index in [0.717, 1.165) is 37.7 Å². The highest BCUT2D eigenvalue weighted by Crippen LogP contribution is 2.25. The van der Waals surface area contributed by atoms with Gasteiger partial charge in [-0.3, -0.25) is 9.88 Å². The first kappa shape index (κ1) is 17.6. The Bertz CT molecular complexity index is 836. The van der Waals surface area contributed by atoms with Gasteiger partial charge in [0.1, 0.15) is 5.82 Å². The van der Waals surface area contributed by atoms with Crippen LogP contribution in [0.25, 0.3) is 0 Å². The molecule has 1 aliphatic heterocycles. The number of benzene rings is 1. The highest BCUT2D eigenvalue weighted by molar-refractivity contribution is 5.58. The van der Waals surface area contributed by atoms with Gasteiger partial charge < -0.3 is 10.2 Å². The van der Waals surface area contributed by atoms with E-state index >= 15 is 0 Å². The number of para-hydroxylation sites is 1. The summed E-state index contributed by atoms with van der Waals surface area (Å²) < 4.78 is 0. The van der Waals surface area contributed by atoms with Crippen molar-refractivity contribution in [2.24, 2.45) is 0 Å². The highest BCUT2D eigenvalue weighted by Gasteiger charge is 2.24. The molecular formula is C22H25N5. The Labute approximate surface area is 160 Å². The van der Waals surface area contributed by atoms with Crippen LogP contribution < -0.4 is 10.2 Å². The van der Waals surface area contributed by atoms with Gasteiger partial charge in [0.15, 0.2) is 0 Å². The SMILES string of the molecule is CN(c1ccccc1)c1ccc(CN2CCNCC2c2cccnc2)cn1. The van der Waals surface area contributed by atoms with E-state index in [1.165, 1.54) is 11.1 Å². The summed E-state index contributed by atoms with van der Waals surface area (Å²) >= 11 is 0. The molecule has 1 unspecified atom stereocenters. The van der Waals surface area contributed by atoms with Gasteiger partial charge in [-0.05, 0) is 35.4 Å². The minimum absolute atomic E-state index is 0.346. The normalized spacial score (nSPS) is 17.6. The molecule has 0 spiro atoms. The van der Waals surface area contributed by atoms with Gasteiger partial charge in [-0.25, -0.2) is 4.98 Å². The lowest BCUT2D eigenvalue weighted by Crippen LogP contribution is -2.45. The summed E-state index contributed by atoms with van der Waals surface area (Å²) in [4.78, 5) is 13.6. The van der Waals surface area contributed by atoms with Gasteiger partial charge >= 0.3 is 0 Å². The van der Waals surface area contributed by atoms with Crippen molar-refractivity contribution in [3.63, 3.8) is 0 Å². The van der Waals surface area contributed by atoms with Crippen molar-refractivity contribution in [2.75, 3.05) is 31.6 Å². The van der Waals surface area contributed by atoms with E-state index in [1.54, 1.807) is 0 Å². The smallest absolute Gasteiger partial charge is 0.132 e. The molecule has 138 valence electrons. The lowest BCUT2D eigenvalue weighted by Gasteiger charge is -2.36. The third-order valence-electron chi connectivity index (χ3n) is 5.11. The standard InChI is InChI=1S/C22H25N5/c1-26(20-7-3-2-4-8-20)22-10-9-18(14-25-22)17-27-13-12-24-16-21(27)19-6-5-11-23-15-19/h2-11,14-15,21,24H,12-13,16-17H2,1H3. The maximum Gasteiger partial charge on any atom is 0.132 e. The fourth-order valence-corrected chi connectivity index (χ4v) is 3.56. The van der Waals surface area contributed by atoms with E-state index in [4.69, 9.17) is 0 Å². The maximum absolute atomic E-state index is 4.69. The van der Waals surface area contributed by atoms with Crippen molar-refractivity contribution in [3.8, 4) is 0 Å². The number of aromatic nitrogens is 2. The van der Waals surface area contributed by atoms with Crippen LogP contribution >= 0.6 is 0 Å². The van der Waals surface area contributed by atoms with E-state index in [2.05, 4.69) is 55.4 Å². The Balaban J connectivity index is 1.47. The molecule has 1 aliphatic rings. The molecule has 3 aromatic rings. The molecule has 1 N–H and O–H groups in total. The second-order valence-corrected chi connectivity index (χ2v) is 6.90. The van der Waals surface area contributed by atoms with Crippen LogP contribution in [0.1, 0.15) is 17.2 Å². The predicted molar refractivity (Wildman–Crippen MR) is 109 cm³/mol. The second-order valence-electron chi connectivity index (χ2n) is 6.90. The minimum atomic E-state index is 0.346. The lowest BCUT2D eigenvalue weighted by molar-refractivity contribution is 0.153. The van der Waals surface area contributed by atoms with Gasteiger partial charge in [-0.2, -0.15) is 0 Å². The van der Waals surface area contributed by atoms with Crippen LogP contribution in [0.5, 0.6) is 0 Å². The van der Waals surface area contributed by atoms with E-state index in [0.29, 0.717) is 6.04 Å². The van der Waals surface area contributed by atoms with Crippen molar-refractivity contribution in [2.45, 2.75) is 12.6 Å². The summed E-state index contributed by atoms with van der Waals surface area (Å²) in [6.45, 7) is 3.88. The first-order chi connectivity index (χ1) is 13.3. The largest absolute Gasteiger partial charge is 0.329 e. The Hall–Kier alpha value is -2.76. The molecule has 1 atom stereocenters. The fraction of sp³-hybridized carbons (Fsp3) is 0.273. The number of hydrogen-bond donors (Lipinski definition) is 1. The van der Waals surface area contributed by atoms with E-state index in [1.807, 2.05) is 49.9 Å². The third kappa shape index (κ3) is 4.15. The van der Waals surface area contributed by atoms with E-state index < -0.39 is 0 Å². The maximum atomic E-state index is 4.69. The molecule has 1 aromatic carbocycles. The van der Waals surface area contributed by atoms with Crippen LogP contribution in [0.4, 0.5) is 11.5 Å². The summed E-state index contributed by atoms with van der Waals surface area (Å²) in [6.07, 6.45) is 5.80. The van der Waals surface area contributed by atoms with Crippen LogP contribution in [-0.2, 0) is 6.54 Å². The van der Waals surface area contributed by atoms with Gasteiger partial charge in [0, 0.05) is 63.5 Å². The van der Waals surface area contributed by atoms with Crippen molar-refractivity contribution >= 4 is 11.5 Å². The summed E-state index contributed by atoms with van der Waals surface area (Å²) in [7, 11) is 2.05. The molecule has 1 saturated heterocycles. The zero-order valence-corrected chi connectivity index (χ0v) is 15.6. The summed E-state index contributed by atoms with van der Waals surface area (Å²) in [5.41, 5.74) is 3.63. The van der Waals surface area contributed by atoms with E-state index in [-0.39, 0.29) is 0 Å². The molecule has 0 saturated carbocycles. The van der Waals surface area contributed by atoms with Gasteiger partial charge in [-0.1, -0.05) is 30.3 Å². The number of anilines is 2. The quantitative estimate of drug-likeness (QED) is 0.756. The number of hydrogen-bond acceptors (Lipinski definition) is 5. The molecule has 3 heterocycles. The Kier molecular flexibility index (Phi) is 5.42. The summed E-state index contributed by atoms with van der Waals surface area (Å²) in [6, 6.07) is 19.1. The van der Waals surface area contributed by atoms with Gasteiger partial charge in [0.2, 0.25) is 0 Å². The van der Waals surface area contributed by atoms with Gasteiger partial charge in [0.25, 0.3) is 0 Å². The molecule has 0 bridgehead atoms. The average Bonchev–Trinajstić information content (AvgIpc) is 2.75. The number of piperazine rings is 1. The Morgan fingerprint density at radius 1 is 1.07 bits per heavy atom. The van der Waals surface area contributed by atoms with Crippen molar-refractivity contribution in [3.05, 3.63) is 84.3 Å². The van der Waals surface area contributed by atoms with Crippen LogP contribution in [0.2, 0.25) is 0 Å². The zero-order chi connectivity index (χ0) is 18.5. The lowest BCUT2D eigenvalue weighted by atomic mass is 10.0. The molecule has 5 heteroatoms. The summed E-state index contributed by atoms with van der Waals surface area (Å²) in [5.74, 6) is 0.953. The molecule has 5 nitrogen and oxygen atoms in total. The first-order valence-electron chi connectivity index (χ1n) is 9.39. The zero-order valence-electron chi connectivity index (χ0n) is 15.6. The fourth-order valence-electron chi connectivity index (χ4n) is 3.56. The molecular weight excluding hydrogens is 334 g/mol. The van der Waals surface area contributed by atoms with Crippen LogP contribution in [-0.4, -0.2) is 41.5 Å². The molecule has 0 amide bonds. The molecule has 2 aromatic heterocycles. The summed E-state index contributed by atoms with van der Waals surface area (Å²) in [5, 5.41) is 3.50. The Morgan fingerprint density at radius 3 is 2.70 bits per heavy atom. The van der Waals surface area contributed by atoms with Crippen molar-refractivity contribution in [1.82, 2.24) is 20.2 Å². The highest BCUT2D eigenvalue weighted by atomic mass is 15.2. The van der Waals surface area contributed by atoms with Gasteiger partial charge in [0.05, 0.1) is 0 Å². The molecule has 0 aliphatic carbocycles. The molecule has 1 fully saturated rings. The second kappa shape index (κ2) is 8.29. The predicted octanol–water partition coefficient (Wildman–Crippen LogP) is 3.39. The Morgan fingerprint density at radius 2 is 1.96 bits per heavy atom. The van der Waals surface area contributed by atoms with Crippen molar-refractivity contribution in [1.29, 1.82) is 0 Å². The molecule has 0 radical (unpaired) electrons. The van der Waals surface area contributed by atoms with Crippen LogP contribution in [0, 0.1) is 0 Å². The number of pyridine rings is 2. The topological polar surface area (TPSA) is 44.3 Å². The minimum Gasteiger partial charge on any atom is -0.329 e. The van der Waals surface area contributed by atoms with Crippen molar-refractivity contribution < 1.29 is 0 Å². The van der Waals surface area contributed by atoms with Crippen LogP contribution in [0.3, 0.4) is 0 Å². The first-order valence-corrected chi connectivity index (χ1v) is 9.39. The third-order valence-corrected chi connectivity index (χ3v) is 5.11.